The molecule has 5 atom stereocenters. The maximum absolute atomic E-state index is 9.75. The van der Waals surface area contributed by atoms with Crippen LogP contribution in [0.15, 0.2) is 0 Å². The number of unbranched alkanes of at least 4 members (excludes halogenated alkanes) is 5. The van der Waals surface area contributed by atoms with Crippen molar-refractivity contribution in [3.8, 4) is 0 Å². The summed E-state index contributed by atoms with van der Waals surface area (Å²) in [4.78, 5) is 0. The third-order valence-corrected chi connectivity index (χ3v) is 3.63. The van der Waals surface area contributed by atoms with Crippen LogP contribution in [0.5, 0.6) is 0 Å². The van der Waals surface area contributed by atoms with Crippen molar-refractivity contribution < 1.29 is 29.9 Å². The average Bonchev–Trinajstić information content (AvgIpc) is 2.46. The number of aliphatic hydroxyl groups excluding tert-OH is 4. The molecule has 1 rings (SSSR count). The summed E-state index contributed by atoms with van der Waals surface area (Å²) in [5.41, 5.74) is 0. The van der Waals surface area contributed by atoms with Crippen LogP contribution in [0.3, 0.4) is 0 Å². The fourth-order valence-corrected chi connectivity index (χ4v) is 2.29. The first kappa shape index (κ1) is 21.8. The van der Waals surface area contributed by atoms with Crippen molar-refractivity contribution >= 4 is 29.6 Å². The van der Waals surface area contributed by atoms with Gasteiger partial charge in [0.1, 0.15) is 24.4 Å². The molecule has 7 heteroatoms. The van der Waals surface area contributed by atoms with Gasteiger partial charge in [0.15, 0.2) is 6.29 Å². The Bertz CT molecular complexity index is 254. The van der Waals surface area contributed by atoms with E-state index in [-0.39, 0.29) is 29.6 Å². The van der Waals surface area contributed by atoms with Crippen LogP contribution in [0.4, 0.5) is 0 Å². The molecule has 0 amide bonds. The Morgan fingerprint density at radius 2 is 1.52 bits per heavy atom. The van der Waals surface area contributed by atoms with Gasteiger partial charge in [-0.05, 0) is 6.42 Å². The van der Waals surface area contributed by atoms with E-state index in [2.05, 4.69) is 6.92 Å². The predicted molar refractivity (Wildman–Crippen MR) is 80.2 cm³/mol. The second-order valence-electron chi connectivity index (χ2n) is 5.34. The molecule has 0 aromatic heterocycles. The minimum absolute atomic E-state index is 0. The second-order valence-corrected chi connectivity index (χ2v) is 5.34. The van der Waals surface area contributed by atoms with Crippen LogP contribution in [0.25, 0.3) is 0 Å². The van der Waals surface area contributed by atoms with Gasteiger partial charge >= 0.3 is 29.6 Å². The fourth-order valence-electron chi connectivity index (χ4n) is 2.29. The monoisotopic (exact) mass is 316 g/mol. The van der Waals surface area contributed by atoms with Gasteiger partial charge in [-0.25, -0.2) is 0 Å². The van der Waals surface area contributed by atoms with Crippen molar-refractivity contribution in [1.29, 1.82) is 0 Å². The van der Waals surface area contributed by atoms with Gasteiger partial charge < -0.3 is 29.9 Å². The van der Waals surface area contributed by atoms with E-state index >= 15 is 0 Å². The molecule has 4 N–H and O–H groups in total. The molecule has 1 aliphatic rings. The molecule has 0 saturated carbocycles. The summed E-state index contributed by atoms with van der Waals surface area (Å²) >= 11 is 0. The van der Waals surface area contributed by atoms with Crippen molar-refractivity contribution in [1.82, 2.24) is 0 Å². The van der Waals surface area contributed by atoms with Crippen LogP contribution in [0, 0.1) is 0 Å². The Hall–Kier alpha value is 0.760. The predicted octanol–water partition coefficient (Wildman–Crippen LogP) is -0.485. The summed E-state index contributed by atoms with van der Waals surface area (Å²) in [6.45, 7) is 2.17. The Kier molecular flexibility index (Phi) is 12.7. The fraction of sp³-hybridized carbons (Fsp3) is 1.00. The van der Waals surface area contributed by atoms with Gasteiger partial charge in [0.25, 0.3) is 0 Å². The van der Waals surface area contributed by atoms with Crippen molar-refractivity contribution in [3.63, 3.8) is 0 Å². The van der Waals surface area contributed by atoms with Gasteiger partial charge in [0, 0.05) is 6.61 Å². The first-order chi connectivity index (χ1) is 9.61. The normalized spacial score (nSPS) is 32.7. The molecule has 0 radical (unpaired) electrons. The Morgan fingerprint density at radius 3 is 2.14 bits per heavy atom. The van der Waals surface area contributed by atoms with Crippen molar-refractivity contribution in [2.45, 2.75) is 76.2 Å². The van der Waals surface area contributed by atoms with Gasteiger partial charge in [-0.3, -0.25) is 0 Å². The van der Waals surface area contributed by atoms with Gasteiger partial charge in [0.05, 0.1) is 6.61 Å². The van der Waals surface area contributed by atoms with E-state index in [1.807, 2.05) is 0 Å². The van der Waals surface area contributed by atoms with E-state index < -0.39 is 37.3 Å². The Morgan fingerprint density at radius 1 is 0.905 bits per heavy atom. The van der Waals surface area contributed by atoms with Crippen LogP contribution >= 0.6 is 0 Å². The summed E-state index contributed by atoms with van der Waals surface area (Å²) in [5.74, 6) is 0. The summed E-state index contributed by atoms with van der Waals surface area (Å²) in [6, 6.07) is 0. The van der Waals surface area contributed by atoms with Crippen LogP contribution in [0.2, 0.25) is 0 Å². The van der Waals surface area contributed by atoms with Gasteiger partial charge in [-0.15, -0.1) is 0 Å². The zero-order valence-corrected chi connectivity index (χ0v) is 12.1. The van der Waals surface area contributed by atoms with E-state index in [1.165, 1.54) is 19.3 Å². The zero-order chi connectivity index (χ0) is 15.0. The molecule has 0 unspecified atom stereocenters. The maximum atomic E-state index is 9.75. The molecule has 1 fully saturated rings. The van der Waals surface area contributed by atoms with Crippen molar-refractivity contribution in [2.75, 3.05) is 13.2 Å². The molecule has 122 valence electrons. The molecule has 0 aromatic carbocycles. The number of rotatable bonds is 9. The van der Waals surface area contributed by atoms with E-state index in [9.17, 15) is 15.3 Å². The van der Waals surface area contributed by atoms with E-state index in [0.29, 0.717) is 6.61 Å². The van der Waals surface area contributed by atoms with Gasteiger partial charge in [-0.1, -0.05) is 39.0 Å². The number of hydrogen-bond acceptors (Lipinski definition) is 6. The molecular formula is C14H29NaO6. The van der Waals surface area contributed by atoms with Crippen molar-refractivity contribution in [3.05, 3.63) is 0 Å². The quantitative estimate of drug-likeness (QED) is 0.339. The molecule has 1 aliphatic heterocycles. The molecule has 6 nitrogen and oxygen atoms in total. The molecule has 0 aliphatic carbocycles. The molecular weight excluding hydrogens is 287 g/mol. The van der Waals surface area contributed by atoms with Gasteiger partial charge in [-0.2, -0.15) is 0 Å². The first-order valence-corrected chi connectivity index (χ1v) is 7.54. The van der Waals surface area contributed by atoms with Crippen LogP contribution in [-0.4, -0.2) is 93.9 Å². The minimum atomic E-state index is -1.37. The third-order valence-electron chi connectivity index (χ3n) is 3.63. The van der Waals surface area contributed by atoms with E-state index in [0.717, 1.165) is 19.3 Å². The van der Waals surface area contributed by atoms with Gasteiger partial charge in [0.2, 0.25) is 0 Å². The molecule has 0 aromatic rings. The number of hydrogen-bond donors (Lipinski definition) is 4. The summed E-state index contributed by atoms with van der Waals surface area (Å²) in [7, 11) is 0. The molecule has 0 spiro atoms. The molecule has 1 heterocycles. The average molecular weight is 316 g/mol. The standard InChI is InChI=1S/C14H28O6.Na.H/c1-2-3-4-5-6-7-8-19-14-13(18)12(17)11(16)10(9-15)20-14;;/h10-18H,2-9H2,1H3;;/t10-,11+,12+,13-,14+;;/m1../s1. The van der Waals surface area contributed by atoms with Crippen LogP contribution in [-0.2, 0) is 9.47 Å². The summed E-state index contributed by atoms with van der Waals surface area (Å²) in [5, 5.41) is 38.0. The number of aliphatic hydroxyl groups is 4. The van der Waals surface area contributed by atoms with Crippen LogP contribution in [0.1, 0.15) is 45.4 Å². The van der Waals surface area contributed by atoms with Crippen LogP contribution < -0.4 is 0 Å². The first-order valence-electron chi connectivity index (χ1n) is 7.54. The Balaban J connectivity index is 0.00000400. The Labute approximate surface area is 148 Å². The SMILES string of the molecule is CCCCCCCCO[C@H]1O[C@H](CO)[C@H](O)[C@H](O)[C@H]1O.[NaH]. The zero-order valence-electron chi connectivity index (χ0n) is 12.1. The summed E-state index contributed by atoms with van der Waals surface area (Å²) < 4.78 is 10.6. The van der Waals surface area contributed by atoms with E-state index in [4.69, 9.17) is 14.6 Å². The molecule has 0 bridgehead atoms. The molecule has 21 heavy (non-hydrogen) atoms. The molecule has 1 saturated heterocycles. The second kappa shape index (κ2) is 12.2. The van der Waals surface area contributed by atoms with Crippen molar-refractivity contribution in [2.24, 2.45) is 0 Å². The summed E-state index contributed by atoms with van der Waals surface area (Å²) in [6.07, 6.45) is 0.851. The van der Waals surface area contributed by atoms with E-state index in [1.54, 1.807) is 0 Å². The third kappa shape index (κ3) is 7.24. The topological polar surface area (TPSA) is 99.4 Å². The number of ether oxygens (including phenoxy) is 2.